The molecule has 0 unspecified atom stereocenters. The van der Waals surface area contributed by atoms with Gasteiger partial charge < -0.3 is 5.32 Å². The Labute approximate surface area is 140 Å². The fourth-order valence-corrected chi connectivity index (χ4v) is 2.35. The molecule has 0 atom stereocenters. The SMILES string of the molecule is CC(C)(C)Cc1cc(NC(=O)c2cnn(-c3cccnc3)c2)n[nH]1. The maximum atomic E-state index is 12.3. The number of pyridine rings is 1. The maximum Gasteiger partial charge on any atom is 0.260 e. The van der Waals surface area contributed by atoms with Gasteiger partial charge in [-0.25, -0.2) is 4.68 Å². The van der Waals surface area contributed by atoms with E-state index >= 15 is 0 Å². The van der Waals surface area contributed by atoms with E-state index in [0.717, 1.165) is 17.8 Å². The Hall–Kier alpha value is -2.96. The first-order valence-electron chi connectivity index (χ1n) is 7.71. The Bertz CT molecular complexity index is 828. The number of hydrogen-bond acceptors (Lipinski definition) is 4. The number of hydrogen-bond donors (Lipinski definition) is 2. The van der Waals surface area contributed by atoms with E-state index in [1.807, 2.05) is 18.2 Å². The summed E-state index contributed by atoms with van der Waals surface area (Å²) >= 11 is 0. The quantitative estimate of drug-likeness (QED) is 0.772. The van der Waals surface area contributed by atoms with Crippen molar-refractivity contribution >= 4 is 11.7 Å². The highest BCUT2D eigenvalue weighted by atomic mass is 16.1. The van der Waals surface area contributed by atoms with Crippen LogP contribution >= 0.6 is 0 Å². The van der Waals surface area contributed by atoms with E-state index < -0.39 is 0 Å². The van der Waals surface area contributed by atoms with E-state index in [-0.39, 0.29) is 11.3 Å². The van der Waals surface area contributed by atoms with Crippen molar-refractivity contribution in [3.63, 3.8) is 0 Å². The summed E-state index contributed by atoms with van der Waals surface area (Å²) in [6.07, 6.45) is 7.41. The second-order valence-corrected chi connectivity index (χ2v) is 6.85. The minimum Gasteiger partial charge on any atom is -0.305 e. The van der Waals surface area contributed by atoms with Gasteiger partial charge in [-0.05, 0) is 24.0 Å². The molecule has 7 heteroatoms. The Morgan fingerprint density at radius 2 is 2.17 bits per heavy atom. The summed E-state index contributed by atoms with van der Waals surface area (Å²) in [4.78, 5) is 16.4. The molecule has 7 nitrogen and oxygen atoms in total. The van der Waals surface area contributed by atoms with Gasteiger partial charge in [-0.3, -0.25) is 14.9 Å². The number of nitrogens with one attached hydrogen (secondary N) is 2. The number of carbonyl (C=O) groups excluding carboxylic acids is 1. The lowest BCUT2D eigenvalue weighted by Crippen LogP contribution is -2.11. The van der Waals surface area contributed by atoms with E-state index in [0.29, 0.717) is 11.4 Å². The van der Waals surface area contributed by atoms with Crippen LogP contribution in [0.5, 0.6) is 0 Å². The smallest absolute Gasteiger partial charge is 0.260 e. The van der Waals surface area contributed by atoms with Crippen LogP contribution in [0.2, 0.25) is 0 Å². The summed E-state index contributed by atoms with van der Waals surface area (Å²) in [5.74, 6) is 0.257. The van der Waals surface area contributed by atoms with Gasteiger partial charge >= 0.3 is 0 Å². The van der Waals surface area contributed by atoms with Crippen LogP contribution in [0.25, 0.3) is 5.69 Å². The van der Waals surface area contributed by atoms with Crippen molar-refractivity contribution in [2.75, 3.05) is 5.32 Å². The van der Waals surface area contributed by atoms with E-state index in [1.54, 1.807) is 23.3 Å². The first kappa shape index (κ1) is 15.9. The van der Waals surface area contributed by atoms with E-state index in [2.05, 4.69) is 46.4 Å². The first-order valence-corrected chi connectivity index (χ1v) is 7.71. The van der Waals surface area contributed by atoms with E-state index in [1.165, 1.54) is 6.20 Å². The molecule has 0 aliphatic carbocycles. The van der Waals surface area contributed by atoms with Crippen molar-refractivity contribution in [3.05, 3.63) is 54.2 Å². The number of anilines is 1. The zero-order valence-corrected chi connectivity index (χ0v) is 13.9. The van der Waals surface area contributed by atoms with Crippen molar-refractivity contribution in [3.8, 4) is 5.69 Å². The predicted molar refractivity (Wildman–Crippen MR) is 91.1 cm³/mol. The molecule has 0 aromatic carbocycles. The van der Waals surface area contributed by atoms with Crippen LogP contribution in [0.1, 0.15) is 36.8 Å². The van der Waals surface area contributed by atoms with Gasteiger partial charge in [0.1, 0.15) is 0 Å². The molecule has 0 radical (unpaired) electrons. The highest BCUT2D eigenvalue weighted by molar-refractivity contribution is 6.03. The van der Waals surface area contributed by atoms with E-state index in [4.69, 9.17) is 0 Å². The van der Waals surface area contributed by atoms with Gasteiger partial charge in [-0.2, -0.15) is 10.2 Å². The van der Waals surface area contributed by atoms with Gasteiger partial charge in [0.15, 0.2) is 5.82 Å². The molecule has 2 N–H and O–H groups in total. The van der Waals surface area contributed by atoms with Crippen LogP contribution in [0.4, 0.5) is 5.82 Å². The molecule has 1 amide bonds. The molecule has 0 spiro atoms. The molecule has 0 aliphatic rings. The van der Waals surface area contributed by atoms with Gasteiger partial charge in [0.2, 0.25) is 0 Å². The highest BCUT2D eigenvalue weighted by Crippen LogP contribution is 2.20. The number of nitrogens with zero attached hydrogens (tertiary/aromatic N) is 4. The molecule has 0 saturated heterocycles. The van der Waals surface area contributed by atoms with Crippen molar-refractivity contribution < 1.29 is 4.79 Å². The predicted octanol–water partition coefficient (Wildman–Crippen LogP) is 2.83. The number of carbonyl (C=O) groups is 1. The van der Waals surface area contributed by atoms with Crippen LogP contribution in [0, 0.1) is 5.41 Å². The minimum atomic E-state index is -0.251. The second-order valence-electron chi connectivity index (χ2n) is 6.85. The Morgan fingerprint density at radius 3 is 2.88 bits per heavy atom. The lowest BCUT2D eigenvalue weighted by atomic mass is 9.91. The monoisotopic (exact) mass is 324 g/mol. The third kappa shape index (κ3) is 3.87. The fraction of sp³-hybridized carbons (Fsp3) is 0.294. The van der Waals surface area contributed by atoms with Gasteiger partial charge in [0.05, 0.1) is 23.6 Å². The lowest BCUT2D eigenvalue weighted by Gasteiger charge is -2.15. The topological polar surface area (TPSA) is 88.5 Å². The summed E-state index contributed by atoms with van der Waals surface area (Å²) in [6, 6.07) is 5.54. The van der Waals surface area contributed by atoms with Crippen molar-refractivity contribution in [1.29, 1.82) is 0 Å². The van der Waals surface area contributed by atoms with Crippen LogP contribution in [-0.4, -0.2) is 30.9 Å². The molecule has 0 fully saturated rings. The molecule has 0 bridgehead atoms. The van der Waals surface area contributed by atoms with Gasteiger partial charge in [-0.1, -0.05) is 20.8 Å². The van der Waals surface area contributed by atoms with Crippen molar-refractivity contribution in [1.82, 2.24) is 25.0 Å². The van der Waals surface area contributed by atoms with Crippen LogP contribution in [-0.2, 0) is 6.42 Å². The Morgan fingerprint density at radius 1 is 1.33 bits per heavy atom. The summed E-state index contributed by atoms with van der Waals surface area (Å²) in [7, 11) is 0. The van der Waals surface area contributed by atoms with Crippen LogP contribution < -0.4 is 5.32 Å². The fourth-order valence-electron chi connectivity index (χ4n) is 2.35. The largest absolute Gasteiger partial charge is 0.305 e. The summed E-state index contributed by atoms with van der Waals surface area (Å²) in [6.45, 7) is 6.46. The number of aromatic nitrogens is 5. The number of aromatic amines is 1. The zero-order valence-electron chi connectivity index (χ0n) is 13.9. The zero-order chi connectivity index (χ0) is 17.2. The van der Waals surface area contributed by atoms with Crippen LogP contribution in [0.3, 0.4) is 0 Å². The van der Waals surface area contributed by atoms with Gasteiger partial charge in [0.25, 0.3) is 5.91 Å². The number of H-pyrrole nitrogens is 1. The molecule has 0 aliphatic heterocycles. The average molecular weight is 324 g/mol. The van der Waals surface area contributed by atoms with Gasteiger partial charge in [0, 0.05) is 24.2 Å². The minimum absolute atomic E-state index is 0.151. The average Bonchev–Trinajstić information content (AvgIpc) is 3.16. The molecule has 124 valence electrons. The summed E-state index contributed by atoms with van der Waals surface area (Å²) in [5, 5.41) is 14.1. The lowest BCUT2D eigenvalue weighted by molar-refractivity contribution is 0.102. The standard InChI is InChI=1S/C17H20N6O/c1-17(2,3)8-13-7-15(22-21-13)20-16(24)12-9-19-23(11-12)14-5-4-6-18-10-14/h4-7,9-11H,8H2,1-3H3,(H2,20,21,22,24). The molecule has 0 saturated carbocycles. The first-order chi connectivity index (χ1) is 11.4. The van der Waals surface area contributed by atoms with Crippen LogP contribution in [0.15, 0.2) is 43.0 Å². The Balaban J connectivity index is 1.69. The molecule has 3 heterocycles. The third-order valence-electron chi connectivity index (χ3n) is 3.35. The molecule has 3 rings (SSSR count). The molecule has 3 aromatic rings. The highest BCUT2D eigenvalue weighted by Gasteiger charge is 2.15. The molecular weight excluding hydrogens is 304 g/mol. The summed E-state index contributed by atoms with van der Waals surface area (Å²) in [5.41, 5.74) is 2.39. The normalized spacial score (nSPS) is 11.5. The number of rotatable bonds is 4. The number of amides is 1. The molecule has 3 aromatic heterocycles. The van der Waals surface area contributed by atoms with Crippen molar-refractivity contribution in [2.24, 2.45) is 5.41 Å². The molecular formula is C17H20N6O. The second kappa shape index (κ2) is 6.27. The maximum absolute atomic E-state index is 12.3. The Kier molecular flexibility index (Phi) is 4.16. The van der Waals surface area contributed by atoms with Crippen molar-refractivity contribution in [2.45, 2.75) is 27.2 Å². The molecule has 24 heavy (non-hydrogen) atoms. The van der Waals surface area contributed by atoms with E-state index in [9.17, 15) is 4.79 Å². The summed E-state index contributed by atoms with van der Waals surface area (Å²) < 4.78 is 1.61. The third-order valence-corrected chi connectivity index (χ3v) is 3.35. The van der Waals surface area contributed by atoms with Gasteiger partial charge in [-0.15, -0.1) is 0 Å².